The summed E-state index contributed by atoms with van der Waals surface area (Å²) in [6, 6.07) is 0.650. The molecule has 0 N–H and O–H groups in total. The quantitative estimate of drug-likeness (QED) is 0.633. The van der Waals surface area contributed by atoms with Crippen LogP contribution in [0.4, 0.5) is 4.39 Å². The molecule has 0 unspecified atom stereocenters. The van der Waals surface area contributed by atoms with E-state index in [1.165, 1.54) is 25.7 Å². The van der Waals surface area contributed by atoms with Crippen molar-refractivity contribution in [1.82, 2.24) is 4.90 Å². The van der Waals surface area contributed by atoms with E-state index < -0.39 is 0 Å². The molecule has 0 radical (unpaired) electrons. The van der Waals surface area contributed by atoms with Gasteiger partial charge in [0.25, 0.3) is 0 Å². The molecule has 0 bridgehead atoms. The molecule has 0 saturated heterocycles. The molecular formula is C10H20FN. The maximum atomic E-state index is 12.0. The maximum Gasteiger partial charge on any atom is 0.102 e. The van der Waals surface area contributed by atoms with Crippen LogP contribution in [0.5, 0.6) is 0 Å². The van der Waals surface area contributed by atoms with Crippen LogP contribution < -0.4 is 0 Å². The fourth-order valence-electron chi connectivity index (χ4n) is 2.00. The van der Waals surface area contributed by atoms with E-state index >= 15 is 0 Å². The van der Waals surface area contributed by atoms with Crippen LogP contribution in [-0.2, 0) is 0 Å². The van der Waals surface area contributed by atoms with Crippen molar-refractivity contribution in [3.8, 4) is 0 Å². The Morgan fingerprint density at radius 3 is 2.33 bits per heavy atom. The fraction of sp³-hybridized carbons (Fsp3) is 1.00. The molecule has 2 heteroatoms. The van der Waals surface area contributed by atoms with Crippen LogP contribution >= 0.6 is 0 Å². The zero-order valence-electron chi connectivity index (χ0n) is 8.22. The molecule has 12 heavy (non-hydrogen) atoms. The van der Waals surface area contributed by atoms with E-state index in [-0.39, 0.29) is 6.67 Å². The molecule has 1 fully saturated rings. The van der Waals surface area contributed by atoms with Gasteiger partial charge in [0, 0.05) is 12.6 Å². The monoisotopic (exact) mass is 173 g/mol. The lowest BCUT2D eigenvalue weighted by Gasteiger charge is -2.32. The summed E-state index contributed by atoms with van der Waals surface area (Å²) in [7, 11) is 2.04. The van der Waals surface area contributed by atoms with E-state index in [0.717, 1.165) is 5.92 Å². The first kappa shape index (κ1) is 9.97. The van der Waals surface area contributed by atoms with Gasteiger partial charge in [-0.05, 0) is 38.6 Å². The lowest BCUT2D eigenvalue weighted by molar-refractivity contribution is 0.160. The number of nitrogens with zero attached hydrogens (tertiary/aromatic N) is 1. The summed E-state index contributed by atoms with van der Waals surface area (Å²) in [5.41, 5.74) is 0. The standard InChI is InChI=1S/C10H20FN/c1-9-3-5-10(6-4-9)12(2)8-7-11/h9-10H,3-8H2,1-2H3. The van der Waals surface area contributed by atoms with Gasteiger partial charge in [-0.3, -0.25) is 0 Å². The Labute approximate surface area is 74.9 Å². The van der Waals surface area contributed by atoms with Crippen molar-refractivity contribution in [2.45, 2.75) is 38.6 Å². The van der Waals surface area contributed by atoms with Crippen LogP contribution in [0.1, 0.15) is 32.6 Å². The number of hydrogen-bond acceptors (Lipinski definition) is 1. The molecule has 0 aromatic rings. The Morgan fingerprint density at radius 1 is 1.25 bits per heavy atom. The minimum atomic E-state index is -0.206. The van der Waals surface area contributed by atoms with Gasteiger partial charge >= 0.3 is 0 Å². The van der Waals surface area contributed by atoms with E-state index in [2.05, 4.69) is 11.8 Å². The third-order valence-corrected chi connectivity index (χ3v) is 3.05. The van der Waals surface area contributed by atoms with Gasteiger partial charge in [-0.1, -0.05) is 6.92 Å². The van der Waals surface area contributed by atoms with Gasteiger partial charge in [0.05, 0.1) is 0 Å². The summed E-state index contributed by atoms with van der Waals surface area (Å²) < 4.78 is 12.0. The van der Waals surface area contributed by atoms with Crippen LogP contribution in [-0.4, -0.2) is 31.2 Å². The van der Waals surface area contributed by atoms with Crippen LogP contribution in [0.15, 0.2) is 0 Å². The summed E-state index contributed by atoms with van der Waals surface area (Å²) in [6.45, 7) is 2.72. The van der Waals surface area contributed by atoms with Crippen molar-refractivity contribution in [1.29, 1.82) is 0 Å². The average molecular weight is 173 g/mol. The average Bonchev–Trinajstić information content (AvgIpc) is 2.06. The van der Waals surface area contributed by atoms with Crippen molar-refractivity contribution in [2.75, 3.05) is 20.3 Å². The normalized spacial score (nSPS) is 31.0. The number of alkyl halides is 1. The first-order valence-corrected chi connectivity index (χ1v) is 5.00. The number of rotatable bonds is 3. The topological polar surface area (TPSA) is 3.24 Å². The summed E-state index contributed by atoms with van der Waals surface area (Å²) in [4.78, 5) is 2.17. The van der Waals surface area contributed by atoms with E-state index in [1.807, 2.05) is 7.05 Å². The van der Waals surface area contributed by atoms with Gasteiger partial charge < -0.3 is 4.90 Å². The van der Waals surface area contributed by atoms with Crippen LogP contribution in [0.2, 0.25) is 0 Å². The van der Waals surface area contributed by atoms with Gasteiger partial charge in [-0.15, -0.1) is 0 Å². The Balaban J connectivity index is 2.24. The van der Waals surface area contributed by atoms with Crippen LogP contribution in [0.25, 0.3) is 0 Å². The van der Waals surface area contributed by atoms with Crippen LogP contribution in [0, 0.1) is 5.92 Å². The maximum absolute atomic E-state index is 12.0. The van der Waals surface area contributed by atoms with Crippen molar-refractivity contribution in [3.05, 3.63) is 0 Å². The van der Waals surface area contributed by atoms with Crippen molar-refractivity contribution < 1.29 is 4.39 Å². The highest BCUT2D eigenvalue weighted by Gasteiger charge is 2.20. The first-order valence-electron chi connectivity index (χ1n) is 5.00. The second kappa shape index (κ2) is 4.80. The molecule has 0 aliphatic heterocycles. The fourth-order valence-corrected chi connectivity index (χ4v) is 2.00. The summed E-state index contributed by atoms with van der Waals surface area (Å²) in [6.07, 6.45) is 5.16. The minimum Gasteiger partial charge on any atom is -0.301 e. The van der Waals surface area contributed by atoms with Gasteiger partial charge in [-0.2, -0.15) is 0 Å². The van der Waals surface area contributed by atoms with Crippen LogP contribution in [0.3, 0.4) is 0 Å². The molecule has 1 aliphatic carbocycles. The molecule has 0 amide bonds. The highest BCUT2D eigenvalue weighted by atomic mass is 19.1. The largest absolute Gasteiger partial charge is 0.301 e. The second-order valence-corrected chi connectivity index (χ2v) is 4.08. The molecule has 0 heterocycles. The molecule has 1 aliphatic rings. The lowest BCUT2D eigenvalue weighted by atomic mass is 9.87. The molecular weight excluding hydrogens is 153 g/mol. The van der Waals surface area contributed by atoms with E-state index in [1.54, 1.807) is 0 Å². The molecule has 0 aromatic carbocycles. The first-order chi connectivity index (χ1) is 5.74. The SMILES string of the molecule is CC1CCC(N(C)CCF)CC1. The Bertz CT molecular complexity index is 119. The zero-order chi connectivity index (χ0) is 8.97. The number of hydrogen-bond donors (Lipinski definition) is 0. The predicted octanol–water partition coefficient (Wildman–Crippen LogP) is 2.47. The molecule has 0 spiro atoms. The van der Waals surface area contributed by atoms with Gasteiger partial charge in [0.2, 0.25) is 0 Å². The summed E-state index contributed by atoms with van der Waals surface area (Å²) in [5, 5.41) is 0. The Morgan fingerprint density at radius 2 is 1.83 bits per heavy atom. The van der Waals surface area contributed by atoms with Gasteiger partial charge in [-0.25, -0.2) is 4.39 Å². The third-order valence-electron chi connectivity index (χ3n) is 3.05. The van der Waals surface area contributed by atoms with E-state index in [0.29, 0.717) is 12.6 Å². The summed E-state index contributed by atoms with van der Waals surface area (Å²) in [5.74, 6) is 0.889. The van der Waals surface area contributed by atoms with Crippen molar-refractivity contribution in [3.63, 3.8) is 0 Å². The lowest BCUT2D eigenvalue weighted by Crippen LogP contribution is -2.36. The predicted molar refractivity (Wildman–Crippen MR) is 50.0 cm³/mol. The Kier molecular flexibility index (Phi) is 3.99. The summed E-state index contributed by atoms with van der Waals surface area (Å²) >= 11 is 0. The minimum absolute atomic E-state index is 0.206. The molecule has 1 saturated carbocycles. The van der Waals surface area contributed by atoms with E-state index in [4.69, 9.17) is 0 Å². The third kappa shape index (κ3) is 2.74. The highest BCUT2D eigenvalue weighted by molar-refractivity contribution is 4.76. The molecule has 0 aromatic heterocycles. The molecule has 0 atom stereocenters. The molecule has 72 valence electrons. The second-order valence-electron chi connectivity index (χ2n) is 4.08. The molecule has 1 nitrogen and oxygen atoms in total. The smallest absolute Gasteiger partial charge is 0.102 e. The van der Waals surface area contributed by atoms with Crippen molar-refractivity contribution >= 4 is 0 Å². The highest BCUT2D eigenvalue weighted by Crippen LogP contribution is 2.26. The number of halogens is 1. The molecule has 1 rings (SSSR count). The van der Waals surface area contributed by atoms with Gasteiger partial charge in [0.15, 0.2) is 0 Å². The zero-order valence-corrected chi connectivity index (χ0v) is 8.22. The van der Waals surface area contributed by atoms with Crippen molar-refractivity contribution in [2.24, 2.45) is 5.92 Å². The van der Waals surface area contributed by atoms with Gasteiger partial charge in [0.1, 0.15) is 6.67 Å². The Hall–Kier alpha value is -0.110. The van der Waals surface area contributed by atoms with E-state index in [9.17, 15) is 4.39 Å².